The number of rotatable bonds is 8. The van der Waals surface area contributed by atoms with Gasteiger partial charge >= 0.3 is 0 Å². The molecular formula is C21H24FN5OS. The van der Waals surface area contributed by atoms with Crippen molar-refractivity contribution in [1.29, 1.82) is 0 Å². The Morgan fingerprint density at radius 3 is 2.93 bits per heavy atom. The van der Waals surface area contributed by atoms with Gasteiger partial charge in [-0.1, -0.05) is 0 Å². The Hall–Kier alpha value is -2.58. The van der Waals surface area contributed by atoms with E-state index >= 15 is 0 Å². The monoisotopic (exact) mass is 413 g/mol. The van der Waals surface area contributed by atoms with Crippen molar-refractivity contribution in [2.45, 2.75) is 32.0 Å². The van der Waals surface area contributed by atoms with E-state index in [9.17, 15) is 4.39 Å². The summed E-state index contributed by atoms with van der Waals surface area (Å²) in [6.07, 6.45) is 4.05. The first kappa shape index (κ1) is 19.7. The summed E-state index contributed by atoms with van der Waals surface area (Å²) >= 11 is 1.59. The molecular weight excluding hydrogens is 389 g/mol. The molecule has 0 aliphatic carbocycles. The van der Waals surface area contributed by atoms with E-state index in [0.717, 1.165) is 42.6 Å². The Bertz CT molecular complexity index is 905. The average Bonchev–Trinajstić information content (AvgIpc) is 3.37. The standard InChI is InChI=1S/C21H24FN5OS/c1-26(13-18-4-3-11-27(18)20-5-2-10-23-25-20)12-17-15-29-21(24-17)14-28-19-8-6-16(22)7-9-19/h2,5-10,15,18H,3-4,11-14H2,1H3. The normalized spacial score (nSPS) is 16.5. The highest BCUT2D eigenvalue weighted by Crippen LogP contribution is 2.24. The lowest BCUT2D eigenvalue weighted by molar-refractivity contribution is 0.294. The highest BCUT2D eigenvalue weighted by Gasteiger charge is 2.27. The van der Waals surface area contributed by atoms with Crippen molar-refractivity contribution in [2.75, 3.05) is 25.0 Å². The molecule has 0 radical (unpaired) electrons. The van der Waals surface area contributed by atoms with Crippen molar-refractivity contribution in [3.05, 3.63) is 64.5 Å². The van der Waals surface area contributed by atoms with Crippen LogP contribution in [-0.2, 0) is 13.2 Å². The van der Waals surface area contributed by atoms with Crippen LogP contribution in [0.25, 0.3) is 0 Å². The summed E-state index contributed by atoms with van der Waals surface area (Å²) in [7, 11) is 2.13. The van der Waals surface area contributed by atoms with E-state index in [1.807, 2.05) is 12.1 Å². The van der Waals surface area contributed by atoms with Crippen molar-refractivity contribution in [3.63, 3.8) is 0 Å². The number of likely N-dealkylation sites (N-methyl/N-ethyl adjacent to an activating group) is 1. The van der Waals surface area contributed by atoms with Crippen molar-refractivity contribution in [2.24, 2.45) is 0 Å². The zero-order valence-corrected chi connectivity index (χ0v) is 17.2. The largest absolute Gasteiger partial charge is 0.486 e. The van der Waals surface area contributed by atoms with Gasteiger partial charge in [0.1, 0.15) is 23.2 Å². The van der Waals surface area contributed by atoms with Crippen LogP contribution in [0.4, 0.5) is 10.2 Å². The number of thiazole rings is 1. The molecule has 1 atom stereocenters. The Morgan fingerprint density at radius 1 is 1.28 bits per heavy atom. The fraction of sp³-hybridized carbons (Fsp3) is 0.381. The lowest BCUT2D eigenvalue weighted by Gasteiger charge is -2.28. The van der Waals surface area contributed by atoms with E-state index in [1.165, 1.54) is 18.6 Å². The SMILES string of the molecule is CN(Cc1csc(COc2ccc(F)cc2)n1)CC1CCCN1c1cccnn1. The van der Waals surface area contributed by atoms with Crippen LogP contribution in [0.3, 0.4) is 0 Å². The minimum Gasteiger partial charge on any atom is -0.486 e. The van der Waals surface area contributed by atoms with Crippen LogP contribution < -0.4 is 9.64 Å². The van der Waals surface area contributed by atoms with Crippen molar-refractivity contribution >= 4 is 17.2 Å². The zero-order chi connectivity index (χ0) is 20.1. The number of halogens is 1. The lowest BCUT2D eigenvalue weighted by atomic mass is 10.2. The first-order chi connectivity index (χ1) is 14.2. The smallest absolute Gasteiger partial charge is 0.151 e. The fourth-order valence-electron chi connectivity index (χ4n) is 3.64. The third-order valence-corrected chi connectivity index (χ3v) is 5.83. The van der Waals surface area contributed by atoms with Crippen LogP contribution in [0.2, 0.25) is 0 Å². The minimum atomic E-state index is -0.267. The second-order valence-corrected chi connectivity index (χ2v) is 8.19. The summed E-state index contributed by atoms with van der Waals surface area (Å²) in [5.74, 6) is 1.33. The molecule has 1 aliphatic heterocycles. The van der Waals surface area contributed by atoms with E-state index in [4.69, 9.17) is 4.74 Å². The van der Waals surface area contributed by atoms with Crippen LogP contribution in [0, 0.1) is 5.82 Å². The molecule has 3 heterocycles. The van der Waals surface area contributed by atoms with Gasteiger partial charge in [-0.05, 0) is 56.3 Å². The number of hydrogen-bond acceptors (Lipinski definition) is 7. The topological polar surface area (TPSA) is 54.4 Å². The molecule has 1 fully saturated rings. The first-order valence-electron chi connectivity index (χ1n) is 9.72. The lowest BCUT2D eigenvalue weighted by Crippen LogP contribution is -2.39. The van der Waals surface area contributed by atoms with Gasteiger partial charge in [-0.25, -0.2) is 9.37 Å². The summed E-state index contributed by atoms with van der Waals surface area (Å²) in [4.78, 5) is 9.33. The van der Waals surface area contributed by atoms with Gasteiger partial charge in [-0.2, -0.15) is 5.10 Å². The van der Waals surface area contributed by atoms with Crippen molar-refractivity contribution in [3.8, 4) is 5.75 Å². The maximum Gasteiger partial charge on any atom is 0.151 e. The van der Waals surface area contributed by atoms with E-state index in [1.54, 1.807) is 29.7 Å². The molecule has 1 aromatic carbocycles. The Balaban J connectivity index is 1.28. The van der Waals surface area contributed by atoms with Crippen LogP contribution in [0.15, 0.2) is 48.0 Å². The second-order valence-electron chi connectivity index (χ2n) is 7.24. The number of hydrogen-bond donors (Lipinski definition) is 0. The molecule has 4 rings (SSSR count). The van der Waals surface area contributed by atoms with Gasteiger partial charge < -0.3 is 9.64 Å². The average molecular weight is 414 g/mol. The molecule has 0 amide bonds. The fourth-order valence-corrected chi connectivity index (χ4v) is 4.33. The number of benzene rings is 1. The number of nitrogens with zero attached hydrogens (tertiary/aromatic N) is 5. The van der Waals surface area contributed by atoms with E-state index in [0.29, 0.717) is 18.4 Å². The quantitative estimate of drug-likeness (QED) is 0.561. The maximum atomic E-state index is 13.0. The van der Waals surface area contributed by atoms with E-state index < -0.39 is 0 Å². The number of anilines is 1. The highest BCUT2D eigenvalue weighted by atomic mass is 32.1. The molecule has 2 aromatic heterocycles. The third kappa shape index (κ3) is 5.27. The van der Waals surface area contributed by atoms with Gasteiger partial charge in [-0.3, -0.25) is 4.90 Å². The molecule has 0 bridgehead atoms. The van der Waals surface area contributed by atoms with Crippen LogP contribution >= 0.6 is 11.3 Å². The maximum absolute atomic E-state index is 13.0. The molecule has 8 heteroatoms. The van der Waals surface area contributed by atoms with Crippen molar-refractivity contribution < 1.29 is 9.13 Å². The first-order valence-corrected chi connectivity index (χ1v) is 10.6. The van der Waals surface area contributed by atoms with Gasteiger partial charge in [0.25, 0.3) is 0 Å². The molecule has 0 spiro atoms. The van der Waals surface area contributed by atoms with Gasteiger partial charge in [0, 0.05) is 37.3 Å². The molecule has 29 heavy (non-hydrogen) atoms. The van der Waals surface area contributed by atoms with Gasteiger partial charge in [0.15, 0.2) is 5.82 Å². The summed E-state index contributed by atoms with van der Waals surface area (Å²) < 4.78 is 18.6. The molecule has 0 saturated carbocycles. The van der Waals surface area contributed by atoms with Gasteiger partial charge in [0.2, 0.25) is 0 Å². The molecule has 1 unspecified atom stereocenters. The van der Waals surface area contributed by atoms with E-state index in [2.05, 4.69) is 37.4 Å². The third-order valence-electron chi connectivity index (χ3n) is 4.96. The highest BCUT2D eigenvalue weighted by molar-refractivity contribution is 7.09. The number of ether oxygens (including phenoxy) is 1. The van der Waals surface area contributed by atoms with Crippen LogP contribution in [0.5, 0.6) is 5.75 Å². The summed E-state index contributed by atoms with van der Waals surface area (Å²) in [6, 6.07) is 10.4. The Kier molecular flexibility index (Phi) is 6.31. The Labute approximate surface area is 174 Å². The molecule has 3 aromatic rings. The summed E-state index contributed by atoms with van der Waals surface area (Å²) in [5, 5.41) is 11.3. The predicted octanol–water partition coefficient (Wildman–Crippen LogP) is 3.75. The molecule has 1 aliphatic rings. The van der Waals surface area contributed by atoms with Crippen LogP contribution in [0.1, 0.15) is 23.5 Å². The number of aromatic nitrogens is 3. The molecule has 1 saturated heterocycles. The zero-order valence-electron chi connectivity index (χ0n) is 16.4. The predicted molar refractivity (Wildman–Crippen MR) is 112 cm³/mol. The summed E-state index contributed by atoms with van der Waals surface area (Å²) in [6.45, 7) is 3.16. The second kappa shape index (κ2) is 9.28. The minimum absolute atomic E-state index is 0.267. The van der Waals surface area contributed by atoms with Gasteiger partial charge in [0.05, 0.1) is 5.69 Å². The van der Waals surface area contributed by atoms with Gasteiger partial charge in [-0.15, -0.1) is 16.4 Å². The molecule has 152 valence electrons. The summed E-state index contributed by atoms with van der Waals surface area (Å²) in [5.41, 5.74) is 1.04. The molecule has 6 nitrogen and oxygen atoms in total. The molecule has 0 N–H and O–H groups in total. The van der Waals surface area contributed by atoms with Crippen molar-refractivity contribution in [1.82, 2.24) is 20.1 Å². The van der Waals surface area contributed by atoms with Crippen LogP contribution in [-0.4, -0.2) is 46.3 Å². The Morgan fingerprint density at radius 2 is 2.14 bits per heavy atom. The van der Waals surface area contributed by atoms with E-state index in [-0.39, 0.29) is 5.82 Å².